The van der Waals surface area contributed by atoms with Gasteiger partial charge in [-0.15, -0.1) is 0 Å². The number of thioether (sulfide) groups is 2. The highest BCUT2D eigenvalue weighted by atomic mass is 32.2. The number of nitro groups is 1. The highest BCUT2D eigenvalue weighted by Crippen LogP contribution is 2.50. The molecule has 4 aliphatic rings. The number of carboxylic acids is 1. The van der Waals surface area contributed by atoms with Gasteiger partial charge in [-0.2, -0.15) is 0 Å². The zero-order chi connectivity index (χ0) is 37.1. The molecule has 0 aliphatic carbocycles. The van der Waals surface area contributed by atoms with E-state index in [9.17, 15) is 34.4 Å². The van der Waals surface area contributed by atoms with Crippen molar-refractivity contribution in [1.29, 1.82) is 0 Å². The van der Waals surface area contributed by atoms with Crippen LogP contribution in [0.15, 0.2) is 123 Å². The molecule has 2 aromatic carbocycles. The van der Waals surface area contributed by atoms with Crippen molar-refractivity contribution in [2.45, 2.75) is 54.7 Å². The number of hydrogen-bond donors (Lipinski definition) is 1. The van der Waals surface area contributed by atoms with Gasteiger partial charge in [-0.05, 0) is 29.7 Å². The van der Waals surface area contributed by atoms with Crippen molar-refractivity contribution >= 4 is 53.0 Å². The molecular formula is C36H29N7O8S2. The Hall–Kier alpha value is -5.94. The summed E-state index contributed by atoms with van der Waals surface area (Å²) in [5, 5.41) is 21.5. The van der Waals surface area contributed by atoms with Crippen LogP contribution < -0.4 is 0 Å². The van der Waals surface area contributed by atoms with Crippen molar-refractivity contribution in [2.75, 3.05) is 0 Å². The molecule has 3 unspecified atom stereocenters. The van der Waals surface area contributed by atoms with E-state index >= 15 is 0 Å². The lowest BCUT2D eigenvalue weighted by molar-refractivity contribution is -0.384. The number of fused-ring (bicyclic) bond motifs is 2. The average Bonchev–Trinajstić information content (AvgIpc) is 3.59. The predicted molar refractivity (Wildman–Crippen MR) is 189 cm³/mol. The summed E-state index contributed by atoms with van der Waals surface area (Å²) in [5.74, 6) is -2.14. The lowest BCUT2D eigenvalue weighted by Crippen LogP contribution is -2.52. The lowest BCUT2D eigenvalue weighted by atomic mass is 9.87. The first-order chi connectivity index (χ1) is 25.7. The molecule has 0 radical (unpaired) electrons. The number of hydrogen-bond acceptors (Lipinski definition) is 13. The molecule has 8 rings (SSSR count). The quantitative estimate of drug-likeness (QED) is 0.0722. The van der Waals surface area contributed by atoms with Gasteiger partial charge >= 0.3 is 11.9 Å². The van der Waals surface area contributed by atoms with Gasteiger partial charge in [0.25, 0.3) is 5.69 Å². The van der Waals surface area contributed by atoms with E-state index in [1.165, 1.54) is 28.8 Å². The van der Waals surface area contributed by atoms with Gasteiger partial charge in [0.05, 0.1) is 17.0 Å². The summed E-state index contributed by atoms with van der Waals surface area (Å²) in [6.07, 6.45) is 8.27. The fourth-order valence-electron chi connectivity index (χ4n) is 6.47. The van der Waals surface area contributed by atoms with Gasteiger partial charge in [0, 0.05) is 71.9 Å². The Morgan fingerprint density at radius 3 is 2.00 bits per heavy atom. The first-order valence-electron chi connectivity index (χ1n) is 16.4. The second kappa shape index (κ2) is 15.3. The van der Waals surface area contributed by atoms with Crippen LogP contribution in [0.5, 0.6) is 0 Å². The number of carboxylic acid groups (broad SMARTS) is 1. The van der Waals surface area contributed by atoms with Crippen LogP contribution in [-0.4, -0.2) is 75.6 Å². The summed E-state index contributed by atoms with van der Waals surface area (Å²) in [5.41, 5.74) is 2.04. The molecule has 53 heavy (non-hydrogen) atoms. The number of carbonyl (C=O) groups is 4. The number of non-ortho nitro benzene ring substituents is 1. The summed E-state index contributed by atoms with van der Waals surface area (Å²) < 4.78 is 5.44. The first-order valence-corrected chi connectivity index (χ1v) is 18.0. The van der Waals surface area contributed by atoms with E-state index in [-0.39, 0.29) is 54.2 Å². The molecule has 4 aromatic rings. The molecular weight excluding hydrogens is 723 g/mol. The van der Waals surface area contributed by atoms with E-state index in [0.717, 1.165) is 27.8 Å². The van der Waals surface area contributed by atoms with Gasteiger partial charge in [0.1, 0.15) is 18.0 Å². The summed E-state index contributed by atoms with van der Waals surface area (Å²) in [4.78, 5) is 79.7. The van der Waals surface area contributed by atoms with Gasteiger partial charge < -0.3 is 19.6 Å². The largest absolute Gasteiger partial charge is 0.477 e. The van der Waals surface area contributed by atoms with Gasteiger partial charge in [0.2, 0.25) is 11.8 Å². The van der Waals surface area contributed by atoms with Crippen LogP contribution in [0.2, 0.25) is 0 Å². The zero-order valence-electron chi connectivity index (χ0n) is 27.7. The molecule has 1 N–H and O–H groups in total. The van der Waals surface area contributed by atoms with E-state index < -0.39 is 16.9 Å². The number of carbonyl (C=O) groups excluding carboxylic acids is 3. The lowest BCUT2D eigenvalue weighted by Gasteiger charge is -2.38. The zero-order valence-corrected chi connectivity index (χ0v) is 29.3. The van der Waals surface area contributed by atoms with Crippen molar-refractivity contribution in [2.24, 2.45) is 5.92 Å². The number of rotatable bonds is 11. The standard InChI is InChI=1S/C18H14N4O5S.C18H15N3O3S/c23-14-9-13-12(8-10-2-4-11(5-3-10)22(26)27)16(15(17(24)25)21(13)14)28-18-19-6-1-7-20-18;22-15-10-13-9-14(25-18-19-7-4-8-20-18)16(21(13)15)17(23)24-11-12-5-2-1-3-6-12/h1-7,12-13H,8-9H2,(H,24,25);1-8,13H,9-11H2. The van der Waals surface area contributed by atoms with Gasteiger partial charge in [-0.25, -0.2) is 29.5 Å². The van der Waals surface area contributed by atoms with Crippen LogP contribution in [0.25, 0.3) is 0 Å². The van der Waals surface area contributed by atoms with E-state index in [1.807, 2.05) is 30.3 Å². The van der Waals surface area contributed by atoms with Gasteiger partial charge in [-0.3, -0.25) is 19.7 Å². The molecule has 2 fully saturated rings. The van der Waals surface area contributed by atoms with Crippen LogP contribution in [0.4, 0.5) is 5.69 Å². The fourth-order valence-corrected chi connectivity index (χ4v) is 8.57. The van der Waals surface area contributed by atoms with Crippen molar-refractivity contribution < 1.29 is 33.9 Å². The topological polar surface area (TPSA) is 199 Å². The van der Waals surface area contributed by atoms with E-state index in [4.69, 9.17) is 4.74 Å². The number of benzene rings is 2. The highest BCUT2D eigenvalue weighted by Gasteiger charge is 2.53. The fraction of sp³-hybridized carbons (Fsp3) is 0.222. The van der Waals surface area contributed by atoms with Crippen LogP contribution in [-0.2, 0) is 36.9 Å². The summed E-state index contributed by atoms with van der Waals surface area (Å²) in [7, 11) is 0. The molecule has 2 saturated heterocycles. The molecule has 0 saturated carbocycles. The number of aromatic nitrogens is 4. The highest BCUT2D eigenvalue weighted by molar-refractivity contribution is 8.03. The molecule has 2 amide bonds. The SMILES string of the molecule is O=C(O)C1=C(Sc2ncccn2)C(Cc2ccc([N+](=O)[O-])cc2)C2CC(=O)N12.O=C(OCc1ccccc1)C1=C(Sc2ncccn2)CC2CC(=O)N12. The van der Waals surface area contributed by atoms with Crippen molar-refractivity contribution in [3.63, 3.8) is 0 Å². The normalized spacial score (nSPS) is 19.8. The third-order valence-electron chi connectivity index (χ3n) is 8.94. The summed E-state index contributed by atoms with van der Waals surface area (Å²) >= 11 is 2.47. The number of amides is 2. The minimum Gasteiger partial charge on any atom is -0.477 e. The predicted octanol–water partition coefficient (Wildman–Crippen LogP) is 4.77. The Morgan fingerprint density at radius 2 is 1.42 bits per heavy atom. The third-order valence-corrected chi connectivity index (χ3v) is 11.1. The molecule has 4 aliphatic heterocycles. The monoisotopic (exact) mass is 751 g/mol. The Balaban J connectivity index is 0.000000165. The maximum absolute atomic E-state index is 12.6. The molecule has 3 atom stereocenters. The molecule has 268 valence electrons. The number of aliphatic carboxylic acids is 1. The number of nitro benzene ring substituents is 1. The Bertz CT molecular complexity index is 2140. The minimum atomic E-state index is -1.16. The third kappa shape index (κ3) is 7.52. The Kier molecular flexibility index (Phi) is 10.3. The van der Waals surface area contributed by atoms with Crippen LogP contribution in [0.1, 0.15) is 30.4 Å². The average molecular weight is 752 g/mol. The number of esters is 1. The maximum atomic E-state index is 12.6. The summed E-state index contributed by atoms with van der Waals surface area (Å²) in [6, 6.07) is 18.8. The first kappa shape index (κ1) is 35.5. The van der Waals surface area contributed by atoms with Crippen LogP contribution in [0, 0.1) is 16.0 Å². The van der Waals surface area contributed by atoms with E-state index in [2.05, 4.69) is 19.9 Å². The van der Waals surface area contributed by atoms with Gasteiger partial charge in [0.15, 0.2) is 10.3 Å². The number of ether oxygens (including phenoxy) is 1. The van der Waals surface area contributed by atoms with Crippen molar-refractivity contribution in [3.05, 3.63) is 134 Å². The molecule has 6 heterocycles. The Labute approximate surface area is 310 Å². The minimum absolute atomic E-state index is 0.00956. The molecule has 17 heteroatoms. The molecule has 2 aromatic heterocycles. The Morgan fingerprint density at radius 1 is 0.792 bits per heavy atom. The van der Waals surface area contributed by atoms with Gasteiger partial charge in [-0.1, -0.05) is 66.0 Å². The van der Waals surface area contributed by atoms with E-state index in [0.29, 0.717) is 40.2 Å². The summed E-state index contributed by atoms with van der Waals surface area (Å²) in [6.45, 7) is 0.176. The van der Waals surface area contributed by atoms with Crippen molar-refractivity contribution in [3.8, 4) is 0 Å². The van der Waals surface area contributed by atoms with Crippen LogP contribution in [0.3, 0.4) is 0 Å². The maximum Gasteiger partial charge on any atom is 0.356 e. The van der Waals surface area contributed by atoms with Crippen molar-refractivity contribution in [1.82, 2.24) is 29.7 Å². The molecule has 0 bridgehead atoms. The smallest absolute Gasteiger partial charge is 0.356 e. The molecule has 15 nitrogen and oxygen atoms in total. The number of β-lactam (4-membered cyclic amide) rings is 2. The number of nitrogens with zero attached hydrogens (tertiary/aromatic N) is 7. The second-order valence-electron chi connectivity index (χ2n) is 12.2. The van der Waals surface area contributed by atoms with Crippen LogP contribution >= 0.6 is 23.5 Å². The van der Waals surface area contributed by atoms with E-state index in [1.54, 1.807) is 54.0 Å². The molecule has 0 spiro atoms. The second-order valence-corrected chi connectivity index (χ2v) is 14.3.